The molecule has 0 saturated carbocycles. The van der Waals surface area contributed by atoms with Crippen molar-refractivity contribution in [2.24, 2.45) is 4.99 Å². The van der Waals surface area contributed by atoms with Gasteiger partial charge in [-0.15, -0.1) is 5.54 Å². The van der Waals surface area contributed by atoms with E-state index in [2.05, 4.69) is 42.2 Å². The van der Waals surface area contributed by atoms with Gasteiger partial charge in [-0.05, 0) is 18.2 Å². The molecule has 0 unspecified atom stereocenters. The van der Waals surface area contributed by atoms with E-state index in [9.17, 15) is 4.79 Å². The van der Waals surface area contributed by atoms with Crippen LogP contribution in [0.5, 0.6) is 0 Å². The molecule has 1 heterocycles. The zero-order chi connectivity index (χ0) is 18.0. The minimum absolute atomic E-state index is 0.00638. The second-order valence-corrected chi connectivity index (χ2v) is 12.0. The highest BCUT2D eigenvalue weighted by atomic mass is 28.3. The molecular formula is C21H22N2OSi. The first kappa shape index (κ1) is 17.2. The second-order valence-electron chi connectivity index (χ2n) is 7.22. The molecule has 3 nitrogen and oxygen atoms in total. The molecule has 0 spiro atoms. The van der Waals surface area contributed by atoms with Crippen LogP contribution in [0.15, 0.2) is 53.5 Å². The van der Waals surface area contributed by atoms with Crippen molar-refractivity contribution < 1.29 is 4.79 Å². The molecule has 0 aromatic heterocycles. The molecular weight excluding hydrogens is 324 g/mol. The Labute approximate surface area is 150 Å². The van der Waals surface area contributed by atoms with Crippen LogP contribution >= 0.6 is 0 Å². The highest BCUT2D eigenvalue weighted by Crippen LogP contribution is 2.27. The van der Waals surface area contributed by atoms with E-state index in [0.29, 0.717) is 0 Å². The van der Waals surface area contributed by atoms with Gasteiger partial charge in [-0.2, -0.15) is 0 Å². The van der Waals surface area contributed by atoms with Gasteiger partial charge in [0.1, 0.15) is 14.6 Å². The quantitative estimate of drug-likeness (QED) is 0.572. The molecule has 0 radical (unpaired) electrons. The standard InChI is InChI=1S/C21H22N2OSi/c1-23-19-11-10-16(12-13-25(2,3)4)14-18(19)21(22-15-20(23)24)17-8-6-5-7-9-17/h5-11,14H,15H2,1-4H3. The smallest absolute Gasteiger partial charge is 0.248 e. The van der Waals surface area contributed by atoms with E-state index in [4.69, 9.17) is 0 Å². The number of carbonyl (C=O) groups excluding carboxylic acids is 1. The summed E-state index contributed by atoms with van der Waals surface area (Å²) in [4.78, 5) is 18.6. The Morgan fingerprint density at radius 3 is 2.48 bits per heavy atom. The van der Waals surface area contributed by atoms with Crippen molar-refractivity contribution in [3.63, 3.8) is 0 Å². The van der Waals surface area contributed by atoms with Crippen molar-refractivity contribution in [1.29, 1.82) is 0 Å². The first-order valence-electron chi connectivity index (χ1n) is 8.39. The summed E-state index contributed by atoms with van der Waals surface area (Å²) in [5.74, 6) is 3.30. The number of likely N-dealkylation sites (N-methyl/N-ethyl adjacent to an activating group) is 1. The zero-order valence-corrected chi connectivity index (χ0v) is 16.1. The number of carbonyl (C=O) groups is 1. The Bertz CT molecular complexity index is 899. The first-order chi connectivity index (χ1) is 11.8. The lowest BCUT2D eigenvalue weighted by molar-refractivity contribution is -0.116. The van der Waals surface area contributed by atoms with E-state index in [1.54, 1.807) is 11.9 Å². The summed E-state index contributed by atoms with van der Waals surface area (Å²) in [7, 11) is 0.357. The minimum atomic E-state index is -1.45. The molecule has 0 bridgehead atoms. The number of benzodiazepines with no additional fused rings is 1. The molecule has 1 aliphatic rings. The SMILES string of the molecule is CN1C(=O)CN=C(c2ccccc2)c2cc(C#C[Si](C)(C)C)ccc21. The summed E-state index contributed by atoms with van der Waals surface area (Å²) in [5, 5.41) is 0. The van der Waals surface area contributed by atoms with Crippen molar-refractivity contribution in [3.05, 3.63) is 65.2 Å². The molecule has 2 aromatic carbocycles. The predicted molar refractivity (Wildman–Crippen MR) is 107 cm³/mol. The molecule has 0 aliphatic carbocycles. The Morgan fingerprint density at radius 1 is 1.08 bits per heavy atom. The van der Waals surface area contributed by atoms with Crippen LogP contribution in [0.3, 0.4) is 0 Å². The Balaban J connectivity index is 2.16. The first-order valence-corrected chi connectivity index (χ1v) is 11.9. The number of hydrogen-bond acceptors (Lipinski definition) is 2. The summed E-state index contributed by atoms with van der Waals surface area (Å²) in [6, 6.07) is 16.0. The Hall–Kier alpha value is -2.64. The molecule has 126 valence electrons. The van der Waals surface area contributed by atoms with Gasteiger partial charge in [0.15, 0.2) is 0 Å². The van der Waals surface area contributed by atoms with E-state index < -0.39 is 8.07 Å². The van der Waals surface area contributed by atoms with Gasteiger partial charge < -0.3 is 4.90 Å². The van der Waals surface area contributed by atoms with Crippen LogP contribution in [0, 0.1) is 11.5 Å². The maximum Gasteiger partial charge on any atom is 0.248 e. The monoisotopic (exact) mass is 346 g/mol. The van der Waals surface area contributed by atoms with E-state index in [-0.39, 0.29) is 12.5 Å². The maximum atomic E-state index is 12.3. The average molecular weight is 347 g/mol. The molecule has 4 heteroatoms. The molecule has 0 atom stereocenters. The molecule has 25 heavy (non-hydrogen) atoms. The van der Waals surface area contributed by atoms with Crippen molar-refractivity contribution in [2.45, 2.75) is 19.6 Å². The summed E-state index contributed by atoms with van der Waals surface area (Å²) in [6.07, 6.45) is 0. The third-order valence-electron chi connectivity index (χ3n) is 3.99. The van der Waals surface area contributed by atoms with Crippen LogP contribution < -0.4 is 4.90 Å². The number of rotatable bonds is 1. The minimum Gasteiger partial charge on any atom is -0.313 e. The Kier molecular flexibility index (Phi) is 4.60. The molecule has 1 aliphatic heterocycles. The van der Waals surface area contributed by atoms with Gasteiger partial charge in [-0.3, -0.25) is 9.79 Å². The van der Waals surface area contributed by atoms with Crippen LogP contribution in [0.1, 0.15) is 16.7 Å². The van der Waals surface area contributed by atoms with Gasteiger partial charge in [0, 0.05) is 23.7 Å². The number of nitrogens with zero attached hydrogens (tertiary/aromatic N) is 2. The van der Waals surface area contributed by atoms with Crippen molar-refractivity contribution in [2.75, 3.05) is 18.5 Å². The molecule has 0 saturated heterocycles. The number of amides is 1. The fourth-order valence-corrected chi connectivity index (χ4v) is 3.19. The van der Waals surface area contributed by atoms with E-state index in [1.807, 2.05) is 42.5 Å². The van der Waals surface area contributed by atoms with Gasteiger partial charge in [0.05, 0.1) is 11.4 Å². The highest BCUT2D eigenvalue weighted by Gasteiger charge is 2.22. The van der Waals surface area contributed by atoms with Crippen molar-refractivity contribution >= 4 is 25.4 Å². The van der Waals surface area contributed by atoms with Gasteiger partial charge >= 0.3 is 0 Å². The van der Waals surface area contributed by atoms with Crippen LogP contribution in [0.4, 0.5) is 5.69 Å². The lowest BCUT2D eigenvalue weighted by atomic mass is 9.98. The zero-order valence-electron chi connectivity index (χ0n) is 15.1. The second kappa shape index (κ2) is 6.70. The maximum absolute atomic E-state index is 12.3. The topological polar surface area (TPSA) is 32.7 Å². The van der Waals surface area contributed by atoms with E-state index in [1.165, 1.54) is 0 Å². The van der Waals surface area contributed by atoms with Crippen LogP contribution in [0.25, 0.3) is 0 Å². The number of hydrogen-bond donors (Lipinski definition) is 0. The molecule has 0 N–H and O–H groups in total. The lowest BCUT2D eigenvalue weighted by Gasteiger charge is -2.18. The lowest BCUT2D eigenvalue weighted by Crippen LogP contribution is -2.27. The highest BCUT2D eigenvalue weighted by molar-refractivity contribution is 6.83. The van der Waals surface area contributed by atoms with Crippen molar-refractivity contribution in [3.8, 4) is 11.5 Å². The molecule has 2 aromatic rings. The Morgan fingerprint density at radius 2 is 1.80 bits per heavy atom. The van der Waals surface area contributed by atoms with Crippen LogP contribution in [-0.2, 0) is 4.79 Å². The average Bonchev–Trinajstić information content (AvgIpc) is 2.71. The summed E-state index contributed by atoms with van der Waals surface area (Å²) < 4.78 is 0. The fraction of sp³-hybridized carbons (Fsp3) is 0.238. The van der Waals surface area contributed by atoms with Crippen LogP contribution in [0.2, 0.25) is 19.6 Å². The number of anilines is 1. The van der Waals surface area contributed by atoms with Gasteiger partial charge in [-0.1, -0.05) is 55.9 Å². The number of aliphatic imine (C=N–C) groups is 1. The third-order valence-corrected chi connectivity index (χ3v) is 4.86. The van der Waals surface area contributed by atoms with Crippen LogP contribution in [-0.4, -0.2) is 33.3 Å². The van der Waals surface area contributed by atoms with Gasteiger partial charge in [0.2, 0.25) is 5.91 Å². The predicted octanol–water partition coefficient (Wildman–Crippen LogP) is 3.73. The summed E-state index contributed by atoms with van der Waals surface area (Å²) in [5.41, 5.74) is 8.08. The van der Waals surface area contributed by atoms with E-state index >= 15 is 0 Å². The molecule has 1 amide bonds. The van der Waals surface area contributed by atoms with Gasteiger partial charge in [0.25, 0.3) is 0 Å². The van der Waals surface area contributed by atoms with Gasteiger partial charge in [-0.25, -0.2) is 0 Å². The fourth-order valence-electron chi connectivity index (χ4n) is 2.67. The number of fused-ring (bicyclic) bond motifs is 1. The third kappa shape index (κ3) is 3.89. The van der Waals surface area contributed by atoms with E-state index in [0.717, 1.165) is 28.1 Å². The molecule has 3 rings (SSSR count). The summed E-state index contributed by atoms with van der Waals surface area (Å²) >= 11 is 0. The van der Waals surface area contributed by atoms with Crippen molar-refractivity contribution in [1.82, 2.24) is 0 Å². The number of benzene rings is 2. The molecule has 0 fully saturated rings. The normalized spacial score (nSPS) is 14.2. The summed E-state index contributed by atoms with van der Waals surface area (Å²) in [6.45, 7) is 6.84. The largest absolute Gasteiger partial charge is 0.313 e.